The topological polar surface area (TPSA) is 46.9 Å². The molecule has 0 aliphatic heterocycles. The molecule has 0 radical (unpaired) electrons. The lowest BCUT2D eigenvalue weighted by Crippen LogP contribution is -2.27. The van der Waals surface area contributed by atoms with Crippen LogP contribution in [-0.4, -0.2) is 22.0 Å². The van der Waals surface area contributed by atoms with Gasteiger partial charge in [-0.25, -0.2) is 9.37 Å². The van der Waals surface area contributed by atoms with E-state index in [0.717, 1.165) is 5.52 Å². The van der Waals surface area contributed by atoms with Crippen molar-refractivity contribution < 1.29 is 9.18 Å². The second-order valence-corrected chi connectivity index (χ2v) is 4.56. The number of aromatic nitrogens is 2. The Morgan fingerprint density at radius 2 is 2.26 bits per heavy atom. The van der Waals surface area contributed by atoms with Crippen molar-refractivity contribution in [2.75, 3.05) is 6.54 Å². The van der Waals surface area contributed by atoms with Crippen LogP contribution < -0.4 is 5.32 Å². The Morgan fingerprint density at radius 1 is 1.53 bits per heavy atom. The fourth-order valence-corrected chi connectivity index (χ4v) is 2.18. The van der Waals surface area contributed by atoms with E-state index >= 15 is 0 Å². The van der Waals surface area contributed by atoms with Crippen LogP contribution in [0.5, 0.6) is 0 Å². The number of nitrogens with one attached hydrogen (secondary N) is 1. The van der Waals surface area contributed by atoms with Gasteiger partial charge in [0, 0.05) is 12.6 Å². The zero-order valence-electron chi connectivity index (χ0n) is 10.8. The minimum Gasteiger partial charge on any atom is -0.355 e. The number of amides is 1. The Balaban J connectivity index is 2.50. The van der Waals surface area contributed by atoms with E-state index in [1.54, 1.807) is 17.6 Å². The van der Waals surface area contributed by atoms with Crippen molar-refractivity contribution in [1.82, 2.24) is 14.9 Å². The highest BCUT2D eigenvalue weighted by Gasteiger charge is 2.14. The zero-order chi connectivity index (χ0) is 14.0. The normalized spacial score (nSPS) is 10.9. The van der Waals surface area contributed by atoms with Gasteiger partial charge in [-0.15, -0.1) is 11.6 Å². The molecule has 0 aliphatic rings. The fraction of sp³-hybridized carbons (Fsp3) is 0.385. The number of hydrogen-bond donors (Lipinski definition) is 1. The number of hydrogen-bond acceptors (Lipinski definition) is 2. The summed E-state index contributed by atoms with van der Waals surface area (Å²) in [5.74, 6) is 0.314. The highest BCUT2D eigenvalue weighted by atomic mass is 35.5. The van der Waals surface area contributed by atoms with Gasteiger partial charge in [-0.05, 0) is 25.5 Å². The van der Waals surface area contributed by atoms with E-state index in [1.165, 1.54) is 6.07 Å². The zero-order valence-corrected chi connectivity index (χ0v) is 11.6. The van der Waals surface area contributed by atoms with Gasteiger partial charge >= 0.3 is 0 Å². The van der Waals surface area contributed by atoms with E-state index < -0.39 is 0 Å². The fourth-order valence-electron chi connectivity index (χ4n) is 1.98. The lowest BCUT2D eigenvalue weighted by atomic mass is 10.2. The first-order valence-electron chi connectivity index (χ1n) is 6.04. The third-order valence-electron chi connectivity index (χ3n) is 2.90. The summed E-state index contributed by atoms with van der Waals surface area (Å²) in [6, 6.07) is 3.06. The lowest BCUT2D eigenvalue weighted by Gasteiger charge is -2.08. The maximum Gasteiger partial charge on any atom is 0.239 e. The number of carbonyl (C=O) groups is 1. The van der Waals surface area contributed by atoms with Crippen molar-refractivity contribution in [1.29, 1.82) is 0 Å². The summed E-state index contributed by atoms with van der Waals surface area (Å²) in [5, 5.41) is 2.72. The first-order valence-corrected chi connectivity index (χ1v) is 6.58. The van der Waals surface area contributed by atoms with Gasteiger partial charge in [0.2, 0.25) is 5.91 Å². The van der Waals surface area contributed by atoms with Gasteiger partial charge in [0.25, 0.3) is 0 Å². The molecule has 0 saturated carbocycles. The van der Waals surface area contributed by atoms with Crippen LogP contribution in [0.2, 0.25) is 0 Å². The number of imidazole rings is 1. The largest absolute Gasteiger partial charge is 0.355 e. The van der Waals surface area contributed by atoms with E-state index in [1.807, 2.05) is 6.92 Å². The number of alkyl halides is 1. The number of rotatable bonds is 4. The van der Waals surface area contributed by atoms with E-state index in [2.05, 4.69) is 10.3 Å². The van der Waals surface area contributed by atoms with Crippen LogP contribution in [0.25, 0.3) is 11.0 Å². The Labute approximate surface area is 115 Å². The van der Waals surface area contributed by atoms with Crippen molar-refractivity contribution >= 4 is 28.5 Å². The van der Waals surface area contributed by atoms with Crippen molar-refractivity contribution in [3.05, 3.63) is 29.3 Å². The second-order valence-electron chi connectivity index (χ2n) is 4.29. The van der Waals surface area contributed by atoms with Crippen LogP contribution in [-0.2, 0) is 17.2 Å². The van der Waals surface area contributed by atoms with Crippen LogP contribution in [0.3, 0.4) is 0 Å². The van der Waals surface area contributed by atoms with E-state index in [4.69, 9.17) is 11.6 Å². The minimum absolute atomic E-state index is 0.116. The molecule has 0 atom stereocenters. The van der Waals surface area contributed by atoms with Crippen LogP contribution in [0, 0.1) is 12.7 Å². The summed E-state index contributed by atoms with van der Waals surface area (Å²) in [6.45, 7) is 4.23. The maximum absolute atomic E-state index is 13.5. The van der Waals surface area contributed by atoms with Crippen LogP contribution in [0.15, 0.2) is 12.1 Å². The third-order valence-corrected chi connectivity index (χ3v) is 3.14. The SMILES string of the molecule is CCNC(=O)Cn1c(CCl)nc2cc(F)c(C)cc21. The monoisotopic (exact) mass is 283 g/mol. The van der Waals surface area contributed by atoms with Gasteiger partial charge in [0.1, 0.15) is 18.2 Å². The van der Waals surface area contributed by atoms with Crippen molar-refractivity contribution in [2.24, 2.45) is 0 Å². The highest BCUT2D eigenvalue weighted by Crippen LogP contribution is 2.21. The summed E-state index contributed by atoms with van der Waals surface area (Å²) in [7, 11) is 0. The Bertz CT molecular complexity index is 624. The molecular formula is C13H15ClFN3O. The average molecular weight is 284 g/mol. The summed E-state index contributed by atoms with van der Waals surface area (Å²) in [5.41, 5.74) is 1.76. The summed E-state index contributed by atoms with van der Waals surface area (Å²) >= 11 is 5.83. The van der Waals surface area contributed by atoms with E-state index in [9.17, 15) is 9.18 Å². The van der Waals surface area contributed by atoms with Gasteiger partial charge in [-0.3, -0.25) is 4.79 Å². The van der Waals surface area contributed by atoms with Crippen LogP contribution in [0.1, 0.15) is 18.3 Å². The smallest absolute Gasteiger partial charge is 0.239 e. The van der Waals surface area contributed by atoms with Gasteiger partial charge in [-0.2, -0.15) is 0 Å². The van der Waals surface area contributed by atoms with Gasteiger partial charge in [0.05, 0.1) is 16.9 Å². The minimum atomic E-state index is -0.309. The molecule has 0 bridgehead atoms. The molecule has 2 aromatic rings. The molecule has 19 heavy (non-hydrogen) atoms. The molecule has 1 heterocycles. The number of likely N-dealkylation sites (N-methyl/N-ethyl adjacent to an activating group) is 1. The number of carbonyl (C=O) groups excluding carboxylic acids is 1. The van der Waals surface area contributed by atoms with Gasteiger partial charge < -0.3 is 9.88 Å². The van der Waals surface area contributed by atoms with E-state index in [-0.39, 0.29) is 24.1 Å². The lowest BCUT2D eigenvalue weighted by molar-refractivity contribution is -0.121. The molecule has 1 amide bonds. The predicted octanol–water partition coefficient (Wildman–Crippen LogP) is 2.36. The molecule has 0 saturated heterocycles. The van der Waals surface area contributed by atoms with Crippen LogP contribution >= 0.6 is 11.6 Å². The van der Waals surface area contributed by atoms with E-state index in [0.29, 0.717) is 23.4 Å². The quantitative estimate of drug-likeness (QED) is 0.876. The standard InChI is InChI=1S/C13H15ClFN3O/c1-3-16-13(19)7-18-11-4-8(2)9(15)5-10(11)17-12(18)6-14/h4-5H,3,6-7H2,1-2H3,(H,16,19). The van der Waals surface area contributed by atoms with Gasteiger partial charge in [-0.1, -0.05) is 0 Å². The molecule has 1 N–H and O–H groups in total. The molecule has 0 fully saturated rings. The molecule has 2 rings (SSSR count). The van der Waals surface area contributed by atoms with Crippen molar-refractivity contribution in [3.8, 4) is 0 Å². The van der Waals surface area contributed by atoms with Gasteiger partial charge in [0.15, 0.2) is 0 Å². The first-order chi connectivity index (χ1) is 9.06. The van der Waals surface area contributed by atoms with Crippen molar-refractivity contribution in [3.63, 3.8) is 0 Å². The predicted molar refractivity (Wildman–Crippen MR) is 72.7 cm³/mol. The summed E-state index contributed by atoms with van der Waals surface area (Å²) in [6.07, 6.45) is 0. The number of benzene rings is 1. The molecule has 0 unspecified atom stereocenters. The molecule has 0 spiro atoms. The second kappa shape index (κ2) is 5.57. The Hall–Kier alpha value is -1.62. The molecule has 1 aromatic heterocycles. The summed E-state index contributed by atoms with van der Waals surface area (Å²) < 4.78 is 15.2. The Kier molecular flexibility index (Phi) is 4.04. The third kappa shape index (κ3) is 2.71. The molecule has 0 aliphatic carbocycles. The summed E-state index contributed by atoms with van der Waals surface area (Å²) in [4.78, 5) is 16.0. The Morgan fingerprint density at radius 3 is 2.89 bits per heavy atom. The molecule has 6 heteroatoms. The number of fused-ring (bicyclic) bond motifs is 1. The first kappa shape index (κ1) is 13.8. The molecule has 102 valence electrons. The van der Waals surface area contributed by atoms with Crippen molar-refractivity contribution in [2.45, 2.75) is 26.3 Å². The number of nitrogens with zero attached hydrogens (tertiary/aromatic N) is 2. The number of halogens is 2. The number of aryl methyl sites for hydroxylation is 1. The highest BCUT2D eigenvalue weighted by molar-refractivity contribution is 6.16. The average Bonchev–Trinajstić information content (AvgIpc) is 2.68. The molecule has 4 nitrogen and oxygen atoms in total. The maximum atomic E-state index is 13.5. The molecular weight excluding hydrogens is 269 g/mol. The molecule has 1 aromatic carbocycles. The van der Waals surface area contributed by atoms with Crippen LogP contribution in [0.4, 0.5) is 4.39 Å².